The highest BCUT2D eigenvalue weighted by Crippen LogP contribution is 2.32. The zero-order chi connectivity index (χ0) is 12.3. The summed E-state index contributed by atoms with van der Waals surface area (Å²) in [6.45, 7) is 1.79. The van der Waals surface area contributed by atoms with E-state index in [2.05, 4.69) is 33.4 Å². The predicted octanol–water partition coefficient (Wildman–Crippen LogP) is 2.62. The number of hydrogen-bond donors (Lipinski definition) is 2. The third-order valence-electron chi connectivity index (χ3n) is 3.34. The highest BCUT2D eigenvalue weighted by molar-refractivity contribution is 9.10. The minimum atomic E-state index is -0.697. The van der Waals surface area contributed by atoms with Crippen LogP contribution >= 0.6 is 15.9 Å². The normalized spacial score (nSPS) is 24.5. The molecule has 1 aliphatic heterocycles. The molecule has 0 aromatic heterocycles. The van der Waals surface area contributed by atoms with Crippen LogP contribution in [0.3, 0.4) is 0 Å². The van der Waals surface area contributed by atoms with Gasteiger partial charge in [0.1, 0.15) is 0 Å². The van der Waals surface area contributed by atoms with Crippen molar-refractivity contribution in [3.05, 3.63) is 34.3 Å². The van der Waals surface area contributed by atoms with Gasteiger partial charge in [-0.05, 0) is 42.5 Å². The van der Waals surface area contributed by atoms with Crippen LogP contribution < -0.4 is 5.32 Å². The van der Waals surface area contributed by atoms with Crippen molar-refractivity contribution >= 4 is 21.9 Å². The van der Waals surface area contributed by atoms with Crippen LogP contribution in [0.15, 0.2) is 28.7 Å². The van der Waals surface area contributed by atoms with E-state index in [1.54, 1.807) is 0 Å². The van der Waals surface area contributed by atoms with Crippen LogP contribution in [0.1, 0.15) is 24.3 Å². The maximum absolute atomic E-state index is 10.9. The molecule has 1 heterocycles. The molecule has 0 amide bonds. The summed E-state index contributed by atoms with van der Waals surface area (Å²) in [6, 6.07) is 8.17. The molecule has 3 nitrogen and oxygen atoms in total. The summed E-state index contributed by atoms with van der Waals surface area (Å²) in [5.41, 5.74) is 1.22. The van der Waals surface area contributed by atoms with Gasteiger partial charge in [-0.1, -0.05) is 28.1 Å². The molecule has 0 radical (unpaired) electrons. The van der Waals surface area contributed by atoms with Gasteiger partial charge >= 0.3 is 5.97 Å². The van der Waals surface area contributed by atoms with E-state index < -0.39 is 5.97 Å². The average molecular weight is 298 g/mol. The Morgan fingerprint density at radius 2 is 2.35 bits per heavy atom. The van der Waals surface area contributed by atoms with Gasteiger partial charge in [0.15, 0.2) is 0 Å². The molecule has 1 aromatic carbocycles. The summed E-state index contributed by atoms with van der Waals surface area (Å²) in [7, 11) is 0. The van der Waals surface area contributed by atoms with Crippen molar-refractivity contribution in [2.45, 2.75) is 18.8 Å². The Morgan fingerprint density at radius 1 is 1.53 bits per heavy atom. The van der Waals surface area contributed by atoms with E-state index in [4.69, 9.17) is 5.11 Å². The lowest BCUT2D eigenvalue weighted by Gasteiger charge is -2.31. The highest BCUT2D eigenvalue weighted by Gasteiger charge is 2.28. The largest absolute Gasteiger partial charge is 0.481 e. The van der Waals surface area contributed by atoms with Gasteiger partial charge < -0.3 is 10.4 Å². The molecule has 17 heavy (non-hydrogen) atoms. The van der Waals surface area contributed by atoms with Crippen molar-refractivity contribution in [3.63, 3.8) is 0 Å². The predicted molar refractivity (Wildman–Crippen MR) is 70.1 cm³/mol. The van der Waals surface area contributed by atoms with Crippen molar-refractivity contribution < 1.29 is 9.90 Å². The van der Waals surface area contributed by atoms with Gasteiger partial charge in [-0.25, -0.2) is 0 Å². The van der Waals surface area contributed by atoms with Crippen LogP contribution in [0.4, 0.5) is 0 Å². The number of carboxylic acids is 1. The number of piperidine rings is 1. The number of benzene rings is 1. The first kappa shape index (κ1) is 12.6. The average Bonchev–Trinajstić information content (AvgIpc) is 2.29. The lowest BCUT2D eigenvalue weighted by atomic mass is 9.80. The molecule has 1 fully saturated rings. The molecule has 4 heteroatoms. The molecule has 0 saturated carbocycles. The number of hydrogen-bond acceptors (Lipinski definition) is 2. The molecule has 92 valence electrons. The van der Waals surface area contributed by atoms with E-state index in [-0.39, 0.29) is 12.3 Å². The zero-order valence-corrected chi connectivity index (χ0v) is 11.1. The summed E-state index contributed by atoms with van der Waals surface area (Å²) in [6.07, 6.45) is 1.20. The molecular weight excluding hydrogens is 282 g/mol. The SMILES string of the molecule is O=C(O)CC1CCNCC1c1cccc(Br)c1. The standard InChI is InChI=1S/C13H16BrNO2/c14-11-3-1-2-9(6-11)12-8-15-5-4-10(12)7-13(16)17/h1-3,6,10,12,15H,4-5,7-8H2,(H,16,17). The Labute approximate surface area is 109 Å². The number of halogens is 1. The van der Waals surface area contributed by atoms with Gasteiger partial charge in [-0.3, -0.25) is 4.79 Å². The molecule has 1 saturated heterocycles. The zero-order valence-electron chi connectivity index (χ0n) is 9.53. The van der Waals surface area contributed by atoms with E-state index in [0.717, 1.165) is 24.0 Å². The molecule has 2 unspecified atom stereocenters. The minimum absolute atomic E-state index is 0.239. The Kier molecular flexibility index (Phi) is 4.18. The summed E-state index contributed by atoms with van der Waals surface area (Å²) >= 11 is 3.46. The summed E-state index contributed by atoms with van der Waals surface area (Å²) < 4.78 is 1.05. The molecule has 2 rings (SSSR count). The van der Waals surface area contributed by atoms with Crippen molar-refractivity contribution in [3.8, 4) is 0 Å². The van der Waals surface area contributed by atoms with E-state index in [1.165, 1.54) is 5.56 Å². The highest BCUT2D eigenvalue weighted by atomic mass is 79.9. The van der Waals surface area contributed by atoms with Crippen LogP contribution in [0.25, 0.3) is 0 Å². The summed E-state index contributed by atoms with van der Waals surface area (Å²) in [5, 5.41) is 12.3. The first-order chi connectivity index (χ1) is 8.16. The van der Waals surface area contributed by atoms with Gasteiger partial charge in [-0.2, -0.15) is 0 Å². The van der Waals surface area contributed by atoms with E-state index in [0.29, 0.717) is 5.92 Å². The second kappa shape index (κ2) is 5.65. The molecular formula is C13H16BrNO2. The van der Waals surface area contributed by atoms with Crippen LogP contribution in [0.5, 0.6) is 0 Å². The molecule has 0 bridgehead atoms. The lowest BCUT2D eigenvalue weighted by Crippen LogP contribution is -2.36. The van der Waals surface area contributed by atoms with Crippen LogP contribution in [-0.2, 0) is 4.79 Å². The fourth-order valence-corrected chi connectivity index (χ4v) is 2.93. The first-order valence-electron chi connectivity index (χ1n) is 5.85. The summed E-state index contributed by atoms with van der Waals surface area (Å²) in [4.78, 5) is 10.9. The molecule has 2 atom stereocenters. The van der Waals surface area contributed by atoms with Crippen molar-refractivity contribution in [1.82, 2.24) is 5.32 Å². The van der Waals surface area contributed by atoms with Crippen molar-refractivity contribution in [1.29, 1.82) is 0 Å². The first-order valence-corrected chi connectivity index (χ1v) is 6.64. The maximum Gasteiger partial charge on any atom is 0.303 e. The number of rotatable bonds is 3. The number of aliphatic carboxylic acids is 1. The van der Waals surface area contributed by atoms with Gasteiger partial charge in [0, 0.05) is 17.4 Å². The van der Waals surface area contributed by atoms with Crippen LogP contribution in [0, 0.1) is 5.92 Å². The van der Waals surface area contributed by atoms with Crippen LogP contribution in [-0.4, -0.2) is 24.2 Å². The van der Waals surface area contributed by atoms with E-state index >= 15 is 0 Å². The molecule has 2 N–H and O–H groups in total. The second-order valence-corrected chi connectivity index (χ2v) is 5.43. The Morgan fingerprint density at radius 3 is 3.06 bits per heavy atom. The number of carboxylic acid groups (broad SMARTS) is 1. The van der Waals surface area contributed by atoms with Gasteiger partial charge in [0.2, 0.25) is 0 Å². The van der Waals surface area contributed by atoms with Gasteiger partial charge in [-0.15, -0.1) is 0 Å². The molecule has 0 aliphatic carbocycles. The monoisotopic (exact) mass is 297 g/mol. The van der Waals surface area contributed by atoms with Crippen molar-refractivity contribution in [2.24, 2.45) is 5.92 Å². The Hall–Kier alpha value is -0.870. The number of nitrogens with one attached hydrogen (secondary N) is 1. The second-order valence-electron chi connectivity index (χ2n) is 4.51. The quantitative estimate of drug-likeness (QED) is 0.902. The van der Waals surface area contributed by atoms with Crippen molar-refractivity contribution in [2.75, 3.05) is 13.1 Å². The van der Waals surface area contributed by atoms with Crippen LogP contribution in [0.2, 0.25) is 0 Å². The lowest BCUT2D eigenvalue weighted by molar-refractivity contribution is -0.138. The smallest absolute Gasteiger partial charge is 0.303 e. The Balaban J connectivity index is 2.18. The molecule has 0 spiro atoms. The fourth-order valence-electron chi connectivity index (χ4n) is 2.51. The van der Waals surface area contributed by atoms with E-state index in [1.807, 2.05) is 12.1 Å². The Bertz CT molecular complexity index is 408. The molecule has 1 aliphatic rings. The summed E-state index contributed by atoms with van der Waals surface area (Å²) in [5.74, 6) is -0.155. The van der Waals surface area contributed by atoms with Gasteiger partial charge in [0.25, 0.3) is 0 Å². The van der Waals surface area contributed by atoms with Gasteiger partial charge in [0.05, 0.1) is 0 Å². The topological polar surface area (TPSA) is 49.3 Å². The van der Waals surface area contributed by atoms with E-state index in [9.17, 15) is 4.79 Å². The third-order valence-corrected chi connectivity index (χ3v) is 3.83. The number of carbonyl (C=O) groups is 1. The maximum atomic E-state index is 10.9. The third kappa shape index (κ3) is 3.30. The minimum Gasteiger partial charge on any atom is -0.481 e. The fraction of sp³-hybridized carbons (Fsp3) is 0.462. The molecule has 1 aromatic rings.